The Hall–Kier alpha value is -1.07. The van der Waals surface area contributed by atoms with E-state index in [9.17, 15) is 9.90 Å². The van der Waals surface area contributed by atoms with Crippen molar-refractivity contribution in [2.75, 3.05) is 19.7 Å². The van der Waals surface area contributed by atoms with Crippen LogP contribution in [0, 0.1) is 0 Å². The average molecular weight is 342 g/mol. The van der Waals surface area contributed by atoms with Crippen molar-refractivity contribution in [3.05, 3.63) is 28.2 Å². The van der Waals surface area contributed by atoms with E-state index in [0.29, 0.717) is 11.3 Å². The average Bonchev–Trinajstić information content (AvgIpc) is 2.74. The summed E-state index contributed by atoms with van der Waals surface area (Å²) < 4.78 is 6.45. The number of benzene rings is 1. The van der Waals surface area contributed by atoms with Gasteiger partial charge in [0.1, 0.15) is 5.75 Å². The van der Waals surface area contributed by atoms with Crippen LogP contribution < -0.4 is 4.74 Å². The standard InChI is InChI=1S/C15H20BrNO3/c16-13-5-6-14(12(9-13)10-18)20-11-15(19)17-7-3-1-2-4-8-17/h5-6,9,18H,1-4,7-8,10-11H2. The molecule has 0 aliphatic carbocycles. The molecule has 0 aromatic heterocycles. The van der Waals surface area contributed by atoms with Gasteiger partial charge in [-0.1, -0.05) is 28.8 Å². The summed E-state index contributed by atoms with van der Waals surface area (Å²) in [6, 6.07) is 5.40. The number of ether oxygens (including phenoxy) is 1. The molecule has 0 spiro atoms. The minimum absolute atomic E-state index is 0.0266. The molecule has 1 heterocycles. The Bertz CT molecular complexity index is 456. The van der Waals surface area contributed by atoms with Gasteiger partial charge < -0.3 is 14.7 Å². The quantitative estimate of drug-likeness (QED) is 0.915. The zero-order chi connectivity index (χ0) is 14.4. The van der Waals surface area contributed by atoms with Crippen molar-refractivity contribution in [3.63, 3.8) is 0 Å². The Balaban J connectivity index is 1.92. The number of amides is 1. The van der Waals surface area contributed by atoms with Crippen LogP contribution in [0.15, 0.2) is 22.7 Å². The lowest BCUT2D eigenvalue weighted by Crippen LogP contribution is -2.35. The molecule has 4 nitrogen and oxygen atoms in total. The van der Waals surface area contributed by atoms with Gasteiger partial charge in [0, 0.05) is 23.1 Å². The molecule has 1 saturated heterocycles. The fourth-order valence-electron chi connectivity index (χ4n) is 2.36. The van der Waals surface area contributed by atoms with Crippen molar-refractivity contribution in [1.29, 1.82) is 0 Å². The second kappa shape index (κ2) is 7.64. The van der Waals surface area contributed by atoms with Crippen LogP contribution in [0.25, 0.3) is 0 Å². The summed E-state index contributed by atoms with van der Waals surface area (Å²) in [5.74, 6) is 0.595. The zero-order valence-corrected chi connectivity index (χ0v) is 13.1. The van der Waals surface area contributed by atoms with Crippen LogP contribution in [0.5, 0.6) is 5.75 Å². The van der Waals surface area contributed by atoms with Crippen molar-refractivity contribution in [1.82, 2.24) is 4.90 Å². The Labute approximate surface area is 127 Å². The van der Waals surface area contributed by atoms with E-state index in [-0.39, 0.29) is 19.1 Å². The number of carbonyl (C=O) groups excluding carboxylic acids is 1. The summed E-state index contributed by atoms with van der Waals surface area (Å²) >= 11 is 3.35. The Morgan fingerprint density at radius 3 is 2.60 bits per heavy atom. The second-order valence-corrected chi connectivity index (χ2v) is 5.91. The smallest absolute Gasteiger partial charge is 0.260 e. The molecule has 1 aromatic rings. The Kier molecular flexibility index (Phi) is 5.86. The molecule has 0 bridgehead atoms. The topological polar surface area (TPSA) is 49.8 Å². The largest absolute Gasteiger partial charge is 0.483 e. The molecular formula is C15H20BrNO3. The zero-order valence-electron chi connectivity index (χ0n) is 11.5. The molecule has 0 radical (unpaired) electrons. The molecule has 1 aromatic carbocycles. The van der Waals surface area contributed by atoms with Crippen molar-refractivity contribution < 1.29 is 14.6 Å². The number of nitrogens with zero attached hydrogens (tertiary/aromatic N) is 1. The van der Waals surface area contributed by atoms with E-state index < -0.39 is 0 Å². The number of rotatable bonds is 4. The molecule has 110 valence electrons. The third-order valence-electron chi connectivity index (χ3n) is 3.50. The molecule has 1 N–H and O–H groups in total. The van der Waals surface area contributed by atoms with Crippen LogP contribution in [0.1, 0.15) is 31.2 Å². The highest BCUT2D eigenvalue weighted by Crippen LogP contribution is 2.23. The summed E-state index contributed by atoms with van der Waals surface area (Å²) in [5, 5.41) is 9.30. The van der Waals surface area contributed by atoms with Crippen LogP contribution in [0.3, 0.4) is 0 Å². The van der Waals surface area contributed by atoms with E-state index in [4.69, 9.17) is 4.74 Å². The number of aliphatic hydroxyl groups excluding tert-OH is 1. The van der Waals surface area contributed by atoms with Gasteiger partial charge in [0.15, 0.2) is 6.61 Å². The minimum atomic E-state index is -0.104. The highest BCUT2D eigenvalue weighted by molar-refractivity contribution is 9.10. The number of hydrogen-bond acceptors (Lipinski definition) is 3. The van der Waals surface area contributed by atoms with E-state index >= 15 is 0 Å². The lowest BCUT2D eigenvalue weighted by molar-refractivity contribution is -0.133. The van der Waals surface area contributed by atoms with Crippen molar-refractivity contribution in [2.45, 2.75) is 32.3 Å². The highest BCUT2D eigenvalue weighted by Gasteiger charge is 2.16. The molecule has 0 atom stereocenters. The van der Waals surface area contributed by atoms with Gasteiger partial charge in [0.05, 0.1) is 6.61 Å². The van der Waals surface area contributed by atoms with Crippen LogP contribution >= 0.6 is 15.9 Å². The predicted molar refractivity (Wildman–Crippen MR) is 80.6 cm³/mol. The van der Waals surface area contributed by atoms with Gasteiger partial charge in [-0.3, -0.25) is 4.79 Å². The molecule has 0 unspecified atom stereocenters. The van der Waals surface area contributed by atoms with Crippen molar-refractivity contribution in [3.8, 4) is 5.75 Å². The summed E-state index contributed by atoms with van der Waals surface area (Å²) in [7, 11) is 0. The van der Waals surface area contributed by atoms with Gasteiger partial charge in [0.25, 0.3) is 5.91 Å². The van der Waals surface area contributed by atoms with E-state index in [1.54, 1.807) is 12.1 Å². The molecule has 0 saturated carbocycles. The molecular weight excluding hydrogens is 322 g/mol. The van der Waals surface area contributed by atoms with Crippen LogP contribution in [-0.2, 0) is 11.4 Å². The molecule has 1 aliphatic rings. The Morgan fingerprint density at radius 2 is 1.95 bits per heavy atom. The maximum Gasteiger partial charge on any atom is 0.260 e. The van der Waals surface area contributed by atoms with Gasteiger partial charge in [-0.25, -0.2) is 0 Å². The first-order valence-corrected chi connectivity index (χ1v) is 7.80. The first kappa shape index (κ1) is 15.3. The predicted octanol–water partition coefficient (Wildman–Crippen LogP) is 2.72. The number of aliphatic hydroxyl groups is 1. The van der Waals surface area contributed by atoms with Gasteiger partial charge in [0.2, 0.25) is 0 Å². The molecule has 5 heteroatoms. The van der Waals surface area contributed by atoms with Crippen LogP contribution in [0.2, 0.25) is 0 Å². The van der Waals surface area contributed by atoms with Crippen LogP contribution in [-0.4, -0.2) is 35.6 Å². The number of likely N-dealkylation sites (tertiary alicyclic amines) is 1. The summed E-state index contributed by atoms with van der Waals surface area (Å²) in [6.45, 7) is 1.59. The van der Waals surface area contributed by atoms with Crippen molar-refractivity contribution >= 4 is 21.8 Å². The number of carbonyl (C=O) groups is 1. The fraction of sp³-hybridized carbons (Fsp3) is 0.533. The summed E-state index contributed by atoms with van der Waals surface area (Å²) in [6.07, 6.45) is 4.55. The van der Waals surface area contributed by atoms with Crippen LogP contribution in [0.4, 0.5) is 0 Å². The SMILES string of the molecule is O=C(COc1ccc(Br)cc1CO)N1CCCCCC1. The van der Waals surface area contributed by atoms with Gasteiger partial charge in [-0.2, -0.15) is 0 Å². The first-order valence-electron chi connectivity index (χ1n) is 7.00. The Morgan fingerprint density at radius 1 is 1.25 bits per heavy atom. The third-order valence-corrected chi connectivity index (χ3v) is 4.00. The molecule has 1 aliphatic heterocycles. The van der Waals surface area contributed by atoms with E-state index in [1.165, 1.54) is 12.8 Å². The normalized spacial score (nSPS) is 15.8. The van der Waals surface area contributed by atoms with Gasteiger partial charge >= 0.3 is 0 Å². The maximum absolute atomic E-state index is 12.1. The first-order chi connectivity index (χ1) is 9.70. The maximum atomic E-state index is 12.1. The summed E-state index contributed by atoms with van der Waals surface area (Å²) in [4.78, 5) is 14.0. The lowest BCUT2D eigenvalue weighted by Gasteiger charge is -2.20. The minimum Gasteiger partial charge on any atom is -0.483 e. The molecule has 1 fully saturated rings. The highest BCUT2D eigenvalue weighted by atomic mass is 79.9. The number of hydrogen-bond donors (Lipinski definition) is 1. The molecule has 1 amide bonds. The lowest BCUT2D eigenvalue weighted by atomic mass is 10.2. The van der Waals surface area contributed by atoms with E-state index in [1.807, 2.05) is 11.0 Å². The monoisotopic (exact) mass is 341 g/mol. The molecule has 20 heavy (non-hydrogen) atoms. The van der Waals surface area contributed by atoms with Gasteiger partial charge in [-0.05, 0) is 31.0 Å². The van der Waals surface area contributed by atoms with Gasteiger partial charge in [-0.15, -0.1) is 0 Å². The van der Waals surface area contributed by atoms with Crippen molar-refractivity contribution in [2.24, 2.45) is 0 Å². The fourth-order valence-corrected chi connectivity index (χ4v) is 2.77. The second-order valence-electron chi connectivity index (χ2n) is 4.99. The van der Waals surface area contributed by atoms with E-state index in [0.717, 1.165) is 30.4 Å². The summed E-state index contributed by atoms with van der Waals surface area (Å²) in [5.41, 5.74) is 0.683. The third kappa shape index (κ3) is 4.21. The number of halogens is 1. The van der Waals surface area contributed by atoms with E-state index in [2.05, 4.69) is 15.9 Å². The molecule has 2 rings (SSSR count).